The lowest BCUT2D eigenvalue weighted by molar-refractivity contribution is -0.0104. The maximum Gasteiger partial charge on any atom is 0.416 e. The smallest absolute Gasteiger partial charge is 0.416 e. The van der Waals surface area contributed by atoms with Crippen LogP contribution in [0.4, 0.5) is 21.2 Å². The molecule has 0 unspecified atom stereocenters. The summed E-state index contributed by atoms with van der Waals surface area (Å²) in [4.78, 5) is 38.3. The summed E-state index contributed by atoms with van der Waals surface area (Å²) in [6.45, 7) is 16.4. The van der Waals surface area contributed by atoms with Crippen LogP contribution in [0.5, 0.6) is 0 Å². The second-order valence-electron chi connectivity index (χ2n) is 13.0. The first-order valence-electron chi connectivity index (χ1n) is 14.3. The molecule has 2 atom stereocenters. The molecule has 3 aromatic heterocycles. The molecular weight excluding hydrogens is 558 g/mol. The van der Waals surface area contributed by atoms with Crippen LogP contribution in [-0.4, -0.2) is 78.7 Å². The van der Waals surface area contributed by atoms with Crippen molar-refractivity contribution in [3.63, 3.8) is 0 Å². The molecule has 230 valence electrons. The second-order valence-corrected chi connectivity index (χ2v) is 13.7. The SMILES string of the molecule is CC(C)c1cnn2c(N(Cc3cscn3)C(=O)OC(C)(C)C)cc(NC[C@@H]3CCN(C(=O)OC(C)(C)C)C[C@@H]3O)nc12. The molecule has 4 rings (SSSR count). The number of aliphatic hydroxyl groups excluding tert-OH is 1. The number of thiazole rings is 1. The van der Waals surface area contributed by atoms with Crippen LogP contribution in [0.3, 0.4) is 0 Å². The van der Waals surface area contributed by atoms with Crippen LogP contribution in [0.15, 0.2) is 23.2 Å². The molecule has 13 heteroatoms. The summed E-state index contributed by atoms with van der Waals surface area (Å²) in [5, 5.41) is 20.7. The molecule has 2 N–H and O–H groups in total. The number of hydrogen-bond acceptors (Lipinski definition) is 10. The van der Waals surface area contributed by atoms with E-state index in [4.69, 9.17) is 14.5 Å². The lowest BCUT2D eigenvalue weighted by Gasteiger charge is -2.36. The fourth-order valence-electron chi connectivity index (χ4n) is 4.63. The van der Waals surface area contributed by atoms with Crippen molar-refractivity contribution in [1.29, 1.82) is 0 Å². The molecule has 1 aliphatic rings. The molecule has 0 aromatic carbocycles. The predicted octanol–water partition coefficient (Wildman–Crippen LogP) is 5.28. The van der Waals surface area contributed by atoms with E-state index >= 15 is 0 Å². The Morgan fingerprint density at radius 1 is 1.19 bits per heavy atom. The topological polar surface area (TPSA) is 134 Å². The number of nitrogens with zero attached hydrogens (tertiary/aromatic N) is 6. The third-order valence-corrected chi connectivity index (χ3v) is 7.35. The number of carbonyl (C=O) groups is 2. The first-order chi connectivity index (χ1) is 19.6. The van der Waals surface area contributed by atoms with Crippen LogP contribution >= 0.6 is 11.3 Å². The van der Waals surface area contributed by atoms with Crippen molar-refractivity contribution in [3.05, 3.63) is 34.4 Å². The van der Waals surface area contributed by atoms with Gasteiger partial charge in [-0.2, -0.15) is 9.61 Å². The summed E-state index contributed by atoms with van der Waals surface area (Å²) >= 11 is 1.45. The highest BCUT2D eigenvalue weighted by atomic mass is 32.1. The highest BCUT2D eigenvalue weighted by Gasteiger charge is 2.33. The molecule has 0 saturated carbocycles. The number of β-amino-alcohol motifs (C(OH)–C–C–N with tert-alkyl or cyclic N) is 1. The summed E-state index contributed by atoms with van der Waals surface area (Å²) < 4.78 is 12.9. The molecule has 1 aliphatic heterocycles. The number of piperidine rings is 1. The van der Waals surface area contributed by atoms with E-state index < -0.39 is 29.5 Å². The number of hydrogen-bond donors (Lipinski definition) is 2. The molecule has 1 fully saturated rings. The number of ether oxygens (including phenoxy) is 2. The molecule has 2 amide bonds. The third-order valence-electron chi connectivity index (χ3n) is 6.71. The van der Waals surface area contributed by atoms with E-state index in [-0.39, 0.29) is 24.9 Å². The molecule has 0 aliphatic carbocycles. The fraction of sp³-hybridized carbons (Fsp3) is 0.621. The van der Waals surface area contributed by atoms with Crippen LogP contribution in [0, 0.1) is 5.92 Å². The first-order valence-corrected chi connectivity index (χ1v) is 15.2. The Morgan fingerprint density at radius 3 is 2.50 bits per heavy atom. The number of amides is 2. The van der Waals surface area contributed by atoms with Crippen molar-refractivity contribution in [2.45, 2.75) is 91.6 Å². The van der Waals surface area contributed by atoms with Gasteiger partial charge in [-0.1, -0.05) is 13.8 Å². The van der Waals surface area contributed by atoms with Gasteiger partial charge in [-0.15, -0.1) is 11.3 Å². The van der Waals surface area contributed by atoms with Gasteiger partial charge in [-0.3, -0.25) is 4.90 Å². The van der Waals surface area contributed by atoms with Crippen molar-refractivity contribution < 1.29 is 24.2 Å². The molecule has 4 heterocycles. The van der Waals surface area contributed by atoms with Gasteiger partial charge in [0.2, 0.25) is 0 Å². The minimum atomic E-state index is -0.730. The zero-order chi connectivity index (χ0) is 30.8. The van der Waals surface area contributed by atoms with Crippen LogP contribution in [0.25, 0.3) is 5.65 Å². The van der Waals surface area contributed by atoms with E-state index in [1.807, 2.05) is 46.9 Å². The van der Waals surface area contributed by atoms with Crippen LogP contribution < -0.4 is 10.2 Å². The van der Waals surface area contributed by atoms with Crippen LogP contribution in [0.2, 0.25) is 0 Å². The van der Waals surface area contributed by atoms with E-state index in [1.165, 1.54) is 16.2 Å². The predicted molar refractivity (Wildman–Crippen MR) is 162 cm³/mol. The zero-order valence-corrected chi connectivity index (χ0v) is 26.6. The van der Waals surface area contributed by atoms with Gasteiger partial charge >= 0.3 is 12.2 Å². The third kappa shape index (κ3) is 7.88. The number of rotatable bonds is 7. The maximum absolute atomic E-state index is 13.5. The van der Waals surface area contributed by atoms with Crippen molar-refractivity contribution in [1.82, 2.24) is 24.5 Å². The standard InChI is InChI=1S/C29H43N7O5S/c1-18(2)21-13-32-36-24(35(14-20-16-42-17-31-20)27(39)41-29(6,7)8)11-23(33-25(21)36)30-12-19-9-10-34(15-22(19)37)26(38)40-28(3,4)5/h11,13,16-19,22,37H,9-10,12,14-15H2,1-8H3,(H,30,33)/t19-,22-/m0/s1. The second kappa shape index (κ2) is 12.4. The van der Waals surface area contributed by atoms with E-state index in [1.54, 1.807) is 27.2 Å². The van der Waals surface area contributed by atoms with Crippen LogP contribution in [-0.2, 0) is 16.0 Å². The monoisotopic (exact) mass is 601 g/mol. The van der Waals surface area contributed by atoms with Gasteiger partial charge in [-0.05, 0) is 53.9 Å². The van der Waals surface area contributed by atoms with Crippen molar-refractivity contribution in [2.75, 3.05) is 29.9 Å². The minimum absolute atomic E-state index is 0.114. The van der Waals surface area contributed by atoms with Gasteiger partial charge in [-0.25, -0.2) is 19.6 Å². The quantitative estimate of drug-likeness (QED) is 0.371. The number of carbonyl (C=O) groups excluding carboxylic acids is 2. The highest BCUT2D eigenvalue weighted by molar-refractivity contribution is 7.07. The lowest BCUT2D eigenvalue weighted by Crippen LogP contribution is -2.49. The fourth-order valence-corrected chi connectivity index (χ4v) is 5.18. The molecule has 0 spiro atoms. The van der Waals surface area contributed by atoms with Gasteiger partial charge in [0.25, 0.3) is 0 Å². The van der Waals surface area contributed by atoms with Gasteiger partial charge in [0, 0.05) is 36.0 Å². The first kappa shape index (κ1) is 31.5. The highest BCUT2D eigenvalue weighted by Crippen LogP contribution is 2.29. The van der Waals surface area contributed by atoms with Crippen molar-refractivity contribution in [2.24, 2.45) is 5.92 Å². The molecule has 42 heavy (non-hydrogen) atoms. The molecule has 0 bridgehead atoms. The van der Waals surface area contributed by atoms with Gasteiger partial charge in [0.05, 0.1) is 36.6 Å². The number of nitrogens with one attached hydrogen (secondary N) is 1. The molecule has 3 aromatic rings. The van der Waals surface area contributed by atoms with E-state index in [2.05, 4.69) is 29.2 Å². The number of fused-ring (bicyclic) bond motifs is 1. The molecular formula is C29H43N7O5S. The average Bonchev–Trinajstić information content (AvgIpc) is 3.54. The van der Waals surface area contributed by atoms with Crippen molar-refractivity contribution in [3.8, 4) is 0 Å². The summed E-state index contributed by atoms with van der Waals surface area (Å²) in [5.74, 6) is 1.05. The zero-order valence-electron chi connectivity index (χ0n) is 25.7. The molecule has 0 radical (unpaired) electrons. The maximum atomic E-state index is 13.5. The minimum Gasteiger partial charge on any atom is -0.444 e. The summed E-state index contributed by atoms with van der Waals surface area (Å²) in [5.41, 5.74) is 2.70. The van der Waals surface area contributed by atoms with Gasteiger partial charge in [0.1, 0.15) is 22.8 Å². The Balaban J connectivity index is 1.61. The Kier molecular flexibility index (Phi) is 9.31. The number of likely N-dealkylation sites (tertiary alicyclic amines) is 1. The van der Waals surface area contributed by atoms with E-state index in [0.29, 0.717) is 36.8 Å². The Labute approximate surface area is 251 Å². The van der Waals surface area contributed by atoms with Crippen molar-refractivity contribution >= 4 is 40.8 Å². The molecule has 1 saturated heterocycles. The van der Waals surface area contributed by atoms with Gasteiger partial charge < -0.3 is 24.8 Å². The van der Waals surface area contributed by atoms with Crippen LogP contribution in [0.1, 0.15) is 79.0 Å². The normalized spacial score (nSPS) is 17.9. The Morgan fingerprint density at radius 2 is 1.90 bits per heavy atom. The van der Waals surface area contributed by atoms with Gasteiger partial charge in [0.15, 0.2) is 5.65 Å². The van der Waals surface area contributed by atoms with E-state index in [9.17, 15) is 14.7 Å². The Hall–Kier alpha value is -3.45. The summed E-state index contributed by atoms with van der Waals surface area (Å²) in [7, 11) is 0. The van der Waals surface area contributed by atoms with E-state index in [0.717, 1.165) is 11.3 Å². The summed E-state index contributed by atoms with van der Waals surface area (Å²) in [6, 6.07) is 1.77. The summed E-state index contributed by atoms with van der Waals surface area (Å²) in [6.07, 6.45) is 0.688. The molecule has 12 nitrogen and oxygen atoms in total. The largest absolute Gasteiger partial charge is 0.444 e. The number of aromatic nitrogens is 4. The number of aliphatic hydroxyl groups is 1. The average molecular weight is 602 g/mol. The number of anilines is 2. The Bertz CT molecular complexity index is 1380. The lowest BCUT2D eigenvalue weighted by atomic mass is 9.94.